The van der Waals surface area contributed by atoms with E-state index in [0.29, 0.717) is 0 Å². The van der Waals surface area contributed by atoms with Crippen molar-refractivity contribution in [1.29, 1.82) is 0 Å². The number of hydrogen-bond donors (Lipinski definition) is 0. The van der Waals surface area contributed by atoms with Gasteiger partial charge in [0, 0.05) is 12.4 Å². The molecule has 4 aromatic rings. The molecular formula is C26H24N2O2Pt. The summed E-state index contributed by atoms with van der Waals surface area (Å²) in [6.07, 6.45) is 3.48. The maximum atomic E-state index is 5.15. The zero-order valence-electron chi connectivity index (χ0n) is 18.0. The molecule has 0 atom stereocenters. The van der Waals surface area contributed by atoms with Crippen LogP contribution in [0.1, 0.15) is 11.1 Å². The van der Waals surface area contributed by atoms with E-state index < -0.39 is 0 Å². The van der Waals surface area contributed by atoms with Gasteiger partial charge in [-0.05, 0) is 35.7 Å². The molecule has 0 aliphatic rings. The van der Waals surface area contributed by atoms with Crippen molar-refractivity contribution in [2.45, 2.75) is 13.8 Å². The maximum absolute atomic E-state index is 5.15. The quantitative estimate of drug-likeness (QED) is 0.285. The second-order valence-electron chi connectivity index (χ2n) is 6.72. The van der Waals surface area contributed by atoms with Crippen molar-refractivity contribution in [3.05, 3.63) is 96.3 Å². The van der Waals surface area contributed by atoms with Crippen molar-refractivity contribution < 1.29 is 30.5 Å². The largest absolute Gasteiger partial charge is 2.00 e. The Hall–Kier alpha value is -2.97. The van der Waals surface area contributed by atoms with Gasteiger partial charge in [0.1, 0.15) is 11.5 Å². The molecule has 31 heavy (non-hydrogen) atoms. The molecule has 0 saturated carbocycles. The fourth-order valence-electron chi connectivity index (χ4n) is 2.83. The Bertz CT molecular complexity index is 1030. The number of aromatic nitrogens is 2. The number of rotatable bonds is 4. The Morgan fingerprint density at radius 3 is 1.42 bits per heavy atom. The molecule has 0 saturated heterocycles. The average molecular weight is 592 g/mol. The normalized spacial score (nSPS) is 9.68. The fourth-order valence-corrected chi connectivity index (χ4v) is 2.83. The third kappa shape index (κ3) is 7.04. The number of methoxy groups -OCH3 is 2. The summed E-state index contributed by atoms with van der Waals surface area (Å²) in [6.45, 7) is 4.11. The average Bonchev–Trinajstić information content (AvgIpc) is 2.79. The Kier molecular flexibility index (Phi) is 9.42. The molecule has 160 valence electrons. The zero-order valence-corrected chi connectivity index (χ0v) is 20.2. The Morgan fingerprint density at radius 2 is 1.06 bits per heavy atom. The Labute approximate surface area is 198 Å². The molecule has 0 bridgehead atoms. The first-order chi connectivity index (χ1) is 14.6. The summed E-state index contributed by atoms with van der Waals surface area (Å²) in [5.41, 5.74) is 6.17. The summed E-state index contributed by atoms with van der Waals surface area (Å²) in [5.74, 6) is 1.63. The standard InChI is InChI=1S/2C13H12NO.Pt/c2*1-10-4-3-5-11(8-10)13-9-12(15-2)6-7-14-13;/h2*3-4,6-9H,1-2H3;/q2*-1;+2. The van der Waals surface area contributed by atoms with E-state index in [2.05, 4.69) is 48.1 Å². The summed E-state index contributed by atoms with van der Waals surface area (Å²) in [4.78, 5) is 8.57. The van der Waals surface area contributed by atoms with Gasteiger partial charge in [0.2, 0.25) is 0 Å². The molecule has 2 aromatic heterocycles. The second kappa shape index (κ2) is 12.0. The molecule has 0 aliphatic heterocycles. The third-order valence-corrected chi connectivity index (χ3v) is 4.40. The van der Waals surface area contributed by atoms with Gasteiger partial charge in [-0.2, -0.15) is 0 Å². The number of benzene rings is 2. The van der Waals surface area contributed by atoms with Gasteiger partial charge in [0.25, 0.3) is 0 Å². The van der Waals surface area contributed by atoms with E-state index >= 15 is 0 Å². The maximum Gasteiger partial charge on any atom is 2.00 e. The van der Waals surface area contributed by atoms with E-state index in [0.717, 1.165) is 34.0 Å². The Balaban J connectivity index is 0.000000213. The first-order valence-corrected chi connectivity index (χ1v) is 9.56. The minimum Gasteiger partial charge on any atom is -0.497 e. The Morgan fingerprint density at radius 1 is 0.645 bits per heavy atom. The second-order valence-corrected chi connectivity index (χ2v) is 6.72. The van der Waals surface area contributed by atoms with E-state index in [1.807, 2.05) is 48.5 Å². The molecule has 4 rings (SSSR count). The van der Waals surface area contributed by atoms with E-state index in [4.69, 9.17) is 9.47 Å². The van der Waals surface area contributed by atoms with Crippen LogP contribution in [0.4, 0.5) is 0 Å². The van der Waals surface area contributed by atoms with Crippen LogP contribution in [0.5, 0.6) is 11.5 Å². The van der Waals surface area contributed by atoms with Gasteiger partial charge in [0.15, 0.2) is 0 Å². The number of hydrogen-bond acceptors (Lipinski definition) is 4. The van der Waals surface area contributed by atoms with Gasteiger partial charge < -0.3 is 19.4 Å². The summed E-state index contributed by atoms with van der Waals surface area (Å²) in [7, 11) is 3.30. The predicted molar refractivity (Wildman–Crippen MR) is 120 cm³/mol. The molecule has 2 aromatic carbocycles. The first kappa shape index (κ1) is 24.3. The summed E-state index contributed by atoms with van der Waals surface area (Å²) >= 11 is 0. The number of ether oxygens (including phenoxy) is 2. The topological polar surface area (TPSA) is 44.2 Å². The van der Waals surface area contributed by atoms with Gasteiger partial charge in [-0.15, -0.1) is 70.8 Å². The number of aryl methyl sites for hydroxylation is 2. The van der Waals surface area contributed by atoms with Crippen molar-refractivity contribution in [2.24, 2.45) is 0 Å². The zero-order chi connectivity index (χ0) is 21.3. The monoisotopic (exact) mass is 591 g/mol. The van der Waals surface area contributed by atoms with Gasteiger partial charge in [0.05, 0.1) is 14.2 Å². The van der Waals surface area contributed by atoms with Crippen molar-refractivity contribution in [3.63, 3.8) is 0 Å². The van der Waals surface area contributed by atoms with Crippen molar-refractivity contribution >= 4 is 0 Å². The fraction of sp³-hybridized carbons (Fsp3) is 0.154. The van der Waals surface area contributed by atoms with E-state index in [1.165, 1.54) is 11.1 Å². The molecule has 0 spiro atoms. The van der Waals surface area contributed by atoms with Gasteiger partial charge in [-0.25, -0.2) is 0 Å². The SMILES string of the molecule is COc1ccnc(-c2[c-]ccc(C)c2)c1.COc1ccnc(-c2[c-]ccc(C)c2)c1.[Pt+2]. The van der Waals surface area contributed by atoms with E-state index in [1.54, 1.807) is 26.6 Å². The van der Waals surface area contributed by atoms with Gasteiger partial charge >= 0.3 is 21.1 Å². The molecule has 0 amide bonds. The van der Waals surface area contributed by atoms with Crippen molar-refractivity contribution in [1.82, 2.24) is 9.97 Å². The molecule has 0 aliphatic carbocycles. The predicted octanol–water partition coefficient (Wildman–Crippen LogP) is 5.73. The molecule has 0 fully saturated rings. The molecule has 2 heterocycles. The summed E-state index contributed by atoms with van der Waals surface area (Å²) in [6, 6.07) is 25.8. The van der Waals surface area contributed by atoms with Crippen LogP contribution < -0.4 is 9.47 Å². The summed E-state index contributed by atoms with van der Waals surface area (Å²) in [5, 5.41) is 0. The van der Waals surface area contributed by atoms with Crippen molar-refractivity contribution in [2.75, 3.05) is 14.2 Å². The molecule has 4 nitrogen and oxygen atoms in total. The number of nitrogens with zero attached hydrogens (tertiary/aromatic N) is 2. The molecule has 0 unspecified atom stereocenters. The van der Waals surface area contributed by atoms with Crippen LogP contribution in [0.25, 0.3) is 22.5 Å². The van der Waals surface area contributed by atoms with Crippen LogP contribution in [-0.2, 0) is 21.1 Å². The number of pyridine rings is 2. The summed E-state index contributed by atoms with van der Waals surface area (Å²) < 4.78 is 10.3. The van der Waals surface area contributed by atoms with Crippen LogP contribution in [0.15, 0.2) is 73.1 Å². The van der Waals surface area contributed by atoms with Crippen LogP contribution in [-0.4, -0.2) is 24.2 Å². The van der Waals surface area contributed by atoms with Crippen LogP contribution in [0.3, 0.4) is 0 Å². The molecule has 0 N–H and O–H groups in total. The van der Waals surface area contributed by atoms with Crippen LogP contribution in [0, 0.1) is 26.0 Å². The minimum atomic E-state index is 0. The molecule has 0 radical (unpaired) electrons. The molecular weight excluding hydrogens is 567 g/mol. The van der Waals surface area contributed by atoms with Crippen molar-refractivity contribution in [3.8, 4) is 34.0 Å². The molecule has 5 heteroatoms. The minimum absolute atomic E-state index is 0. The van der Waals surface area contributed by atoms with E-state index in [-0.39, 0.29) is 21.1 Å². The smallest absolute Gasteiger partial charge is 0.497 e. The third-order valence-electron chi connectivity index (χ3n) is 4.40. The van der Waals surface area contributed by atoms with Gasteiger partial charge in [-0.3, -0.25) is 0 Å². The van der Waals surface area contributed by atoms with E-state index in [9.17, 15) is 0 Å². The van der Waals surface area contributed by atoms with Crippen LogP contribution >= 0.6 is 0 Å². The van der Waals surface area contributed by atoms with Crippen LogP contribution in [0.2, 0.25) is 0 Å². The van der Waals surface area contributed by atoms with Gasteiger partial charge in [-0.1, -0.05) is 13.8 Å². The first-order valence-electron chi connectivity index (χ1n) is 9.56.